The Morgan fingerprint density at radius 2 is 1.90 bits per heavy atom. The summed E-state index contributed by atoms with van der Waals surface area (Å²) >= 11 is 0. The second-order valence-corrected chi connectivity index (χ2v) is 9.07. The summed E-state index contributed by atoms with van der Waals surface area (Å²) in [6.45, 7) is 10.0. The van der Waals surface area contributed by atoms with E-state index in [-0.39, 0.29) is 17.1 Å². The molecule has 0 spiro atoms. The molecule has 7 nitrogen and oxygen atoms in total. The van der Waals surface area contributed by atoms with E-state index in [2.05, 4.69) is 46.0 Å². The number of carbonyl (C=O) groups is 2. The second kappa shape index (κ2) is 7.30. The Hall–Kier alpha value is -2.67. The molecule has 7 heteroatoms. The highest BCUT2D eigenvalue weighted by molar-refractivity contribution is 6.08. The molecular formula is C22H29N5O2. The third-order valence-electron chi connectivity index (χ3n) is 5.99. The van der Waals surface area contributed by atoms with E-state index in [0.717, 1.165) is 49.5 Å². The van der Waals surface area contributed by atoms with Crippen LogP contribution < -0.4 is 10.2 Å². The average Bonchev–Trinajstić information content (AvgIpc) is 2.98. The van der Waals surface area contributed by atoms with Gasteiger partial charge in [-0.3, -0.25) is 9.59 Å². The van der Waals surface area contributed by atoms with Crippen LogP contribution in [0.2, 0.25) is 0 Å². The Balaban J connectivity index is 1.48. The number of hydrogen-bond donors (Lipinski definition) is 2. The van der Waals surface area contributed by atoms with Crippen molar-refractivity contribution in [1.29, 1.82) is 0 Å². The molecule has 1 aliphatic heterocycles. The van der Waals surface area contributed by atoms with Gasteiger partial charge in [0.15, 0.2) is 5.78 Å². The molecule has 0 radical (unpaired) electrons. The number of aromatic amines is 1. The van der Waals surface area contributed by atoms with E-state index in [4.69, 9.17) is 0 Å². The van der Waals surface area contributed by atoms with Crippen molar-refractivity contribution in [3.05, 3.63) is 40.8 Å². The predicted molar refractivity (Wildman–Crippen MR) is 114 cm³/mol. The van der Waals surface area contributed by atoms with Gasteiger partial charge >= 0.3 is 0 Å². The molecule has 3 heterocycles. The number of nitrogens with one attached hydrogen (secondary N) is 2. The first-order chi connectivity index (χ1) is 13.7. The molecule has 1 saturated heterocycles. The zero-order chi connectivity index (χ0) is 20.8. The number of aromatic nitrogens is 2. The lowest BCUT2D eigenvalue weighted by molar-refractivity contribution is 0.0910. The number of fused-ring (bicyclic) bond motifs is 1. The van der Waals surface area contributed by atoms with Crippen LogP contribution in [0.25, 0.3) is 0 Å². The molecule has 0 atom stereocenters. The SMILES string of the molecule is Cc1c(C(=O)Nc2ccc(N3CCN(C)CC3)cn2)[nH]c2c1C(=O)CC(C)(C)C2. The van der Waals surface area contributed by atoms with E-state index in [1.54, 1.807) is 6.20 Å². The molecule has 2 aromatic heterocycles. The molecule has 0 unspecified atom stereocenters. The molecular weight excluding hydrogens is 366 g/mol. The molecule has 1 fully saturated rings. The fourth-order valence-electron chi connectivity index (χ4n) is 4.35. The van der Waals surface area contributed by atoms with Gasteiger partial charge in [-0.25, -0.2) is 4.98 Å². The number of piperazine rings is 1. The van der Waals surface area contributed by atoms with Crippen molar-refractivity contribution in [1.82, 2.24) is 14.9 Å². The Labute approximate surface area is 171 Å². The minimum Gasteiger partial charge on any atom is -0.368 e. The number of H-pyrrole nitrogens is 1. The summed E-state index contributed by atoms with van der Waals surface area (Å²) in [4.78, 5) is 37.6. The van der Waals surface area contributed by atoms with Crippen molar-refractivity contribution >= 4 is 23.2 Å². The summed E-state index contributed by atoms with van der Waals surface area (Å²) in [7, 11) is 2.13. The first kappa shape index (κ1) is 19.6. The van der Waals surface area contributed by atoms with Crippen LogP contribution in [0.3, 0.4) is 0 Å². The summed E-state index contributed by atoms with van der Waals surface area (Å²) < 4.78 is 0. The van der Waals surface area contributed by atoms with E-state index in [1.807, 2.05) is 19.1 Å². The quantitative estimate of drug-likeness (QED) is 0.835. The summed E-state index contributed by atoms with van der Waals surface area (Å²) in [5.74, 6) is 0.354. The Kier molecular flexibility index (Phi) is 4.94. The Morgan fingerprint density at radius 1 is 1.17 bits per heavy atom. The van der Waals surface area contributed by atoms with Crippen LogP contribution in [0.15, 0.2) is 18.3 Å². The van der Waals surface area contributed by atoms with Gasteiger partial charge in [0.1, 0.15) is 11.5 Å². The fourth-order valence-corrected chi connectivity index (χ4v) is 4.35. The number of carbonyl (C=O) groups excluding carboxylic acids is 2. The number of nitrogens with zero attached hydrogens (tertiary/aromatic N) is 3. The van der Waals surface area contributed by atoms with Gasteiger partial charge in [0.2, 0.25) is 0 Å². The van der Waals surface area contributed by atoms with Gasteiger partial charge in [0.25, 0.3) is 5.91 Å². The number of anilines is 2. The third-order valence-corrected chi connectivity index (χ3v) is 5.99. The van der Waals surface area contributed by atoms with Crippen LogP contribution in [-0.4, -0.2) is 59.8 Å². The van der Waals surface area contributed by atoms with Crippen LogP contribution in [0, 0.1) is 12.3 Å². The summed E-state index contributed by atoms with van der Waals surface area (Å²) in [5.41, 5.74) is 3.71. The lowest BCUT2D eigenvalue weighted by atomic mass is 9.75. The molecule has 154 valence electrons. The van der Waals surface area contributed by atoms with Gasteiger partial charge in [-0.05, 0) is 43.5 Å². The highest BCUT2D eigenvalue weighted by atomic mass is 16.2. The van der Waals surface area contributed by atoms with Crippen molar-refractivity contribution in [2.45, 2.75) is 33.6 Å². The number of ketones is 1. The van der Waals surface area contributed by atoms with Gasteiger partial charge < -0.3 is 20.1 Å². The second-order valence-electron chi connectivity index (χ2n) is 9.07. The highest BCUT2D eigenvalue weighted by Crippen LogP contribution is 2.36. The minimum atomic E-state index is -0.262. The maximum Gasteiger partial charge on any atom is 0.273 e. The topological polar surface area (TPSA) is 81.3 Å². The van der Waals surface area contributed by atoms with Crippen molar-refractivity contribution in [2.75, 3.05) is 43.4 Å². The van der Waals surface area contributed by atoms with Crippen LogP contribution in [-0.2, 0) is 6.42 Å². The Morgan fingerprint density at radius 3 is 2.55 bits per heavy atom. The lowest BCUT2D eigenvalue weighted by Crippen LogP contribution is -2.44. The van der Waals surface area contributed by atoms with Crippen molar-refractivity contribution in [2.24, 2.45) is 5.41 Å². The standard InChI is InChI=1S/C22H29N5O2/c1-14-19-16(11-22(2,3)12-17(19)28)24-20(14)21(29)25-18-6-5-15(13-23-18)27-9-7-26(4)8-10-27/h5-6,13,24H,7-12H2,1-4H3,(H,23,25,29). The average molecular weight is 396 g/mol. The van der Waals surface area contributed by atoms with Gasteiger partial charge in [-0.2, -0.15) is 0 Å². The molecule has 2 aliphatic rings. The van der Waals surface area contributed by atoms with E-state index in [1.165, 1.54) is 0 Å². The van der Waals surface area contributed by atoms with Gasteiger partial charge in [0.05, 0.1) is 11.9 Å². The number of hydrogen-bond acceptors (Lipinski definition) is 5. The van der Waals surface area contributed by atoms with E-state index in [9.17, 15) is 9.59 Å². The first-order valence-electron chi connectivity index (χ1n) is 10.2. The predicted octanol–water partition coefficient (Wildman–Crippen LogP) is 2.88. The molecule has 0 aromatic carbocycles. The van der Waals surface area contributed by atoms with Crippen molar-refractivity contribution in [3.8, 4) is 0 Å². The molecule has 0 bridgehead atoms. The molecule has 1 amide bonds. The minimum absolute atomic E-state index is 0.0875. The zero-order valence-electron chi connectivity index (χ0n) is 17.6. The smallest absolute Gasteiger partial charge is 0.273 e. The molecule has 0 saturated carbocycles. The molecule has 2 aromatic rings. The van der Waals surface area contributed by atoms with Gasteiger partial charge in [-0.1, -0.05) is 13.8 Å². The number of amides is 1. The molecule has 2 N–H and O–H groups in total. The van der Waals surface area contributed by atoms with Crippen LogP contribution in [0.4, 0.5) is 11.5 Å². The maximum absolute atomic E-state index is 12.8. The first-order valence-corrected chi connectivity index (χ1v) is 10.2. The van der Waals surface area contributed by atoms with E-state index in [0.29, 0.717) is 23.5 Å². The number of rotatable bonds is 3. The Bertz CT molecular complexity index is 937. The summed E-state index contributed by atoms with van der Waals surface area (Å²) in [5, 5.41) is 2.86. The molecule has 4 rings (SSSR count). The highest BCUT2D eigenvalue weighted by Gasteiger charge is 2.35. The number of Topliss-reactive ketones (excluding diaryl/α,β-unsaturated/α-hetero) is 1. The molecule has 1 aliphatic carbocycles. The van der Waals surface area contributed by atoms with Crippen molar-refractivity contribution < 1.29 is 9.59 Å². The van der Waals surface area contributed by atoms with Crippen LogP contribution in [0.1, 0.15) is 52.4 Å². The lowest BCUT2D eigenvalue weighted by Gasteiger charge is -2.33. The summed E-state index contributed by atoms with van der Waals surface area (Å²) in [6.07, 6.45) is 3.08. The van der Waals surface area contributed by atoms with Crippen LogP contribution in [0.5, 0.6) is 0 Å². The largest absolute Gasteiger partial charge is 0.368 e. The molecule has 29 heavy (non-hydrogen) atoms. The maximum atomic E-state index is 12.8. The summed E-state index contributed by atoms with van der Waals surface area (Å²) in [6, 6.07) is 3.82. The van der Waals surface area contributed by atoms with E-state index >= 15 is 0 Å². The zero-order valence-corrected chi connectivity index (χ0v) is 17.6. The normalized spacial score (nSPS) is 19.2. The number of pyridine rings is 1. The fraction of sp³-hybridized carbons (Fsp3) is 0.500. The monoisotopic (exact) mass is 395 g/mol. The van der Waals surface area contributed by atoms with E-state index < -0.39 is 0 Å². The van der Waals surface area contributed by atoms with Gasteiger partial charge in [0, 0.05) is 43.9 Å². The third kappa shape index (κ3) is 3.92. The van der Waals surface area contributed by atoms with Crippen molar-refractivity contribution in [3.63, 3.8) is 0 Å². The number of likely N-dealkylation sites (N-methyl/N-ethyl adjacent to an activating group) is 1. The van der Waals surface area contributed by atoms with Gasteiger partial charge in [-0.15, -0.1) is 0 Å². The van der Waals surface area contributed by atoms with Crippen LogP contribution >= 0.6 is 0 Å².